The van der Waals surface area contributed by atoms with Crippen LogP contribution in [0.15, 0.2) is 33.6 Å². The minimum atomic E-state index is -0.172. The molecule has 0 aromatic heterocycles. The van der Waals surface area contributed by atoms with Crippen molar-refractivity contribution in [1.29, 1.82) is 0 Å². The van der Waals surface area contributed by atoms with Crippen LogP contribution in [-0.4, -0.2) is 17.0 Å². The first kappa shape index (κ1) is 18.1. The molecule has 3 heteroatoms. The summed E-state index contributed by atoms with van der Waals surface area (Å²) in [5.74, 6) is 0.798. The van der Waals surface area contributed by atoms with Crippen LogP contribution in [0.3, 0.4) is 0 Å². The number of aliphatic hydroxyl groups is 1. The van der Waals surface area contributed by atoms with E-state index in [0.717, 1.165) is 23.1 Å². The molecule has 20 heavy (non-hydrogen) atoms. The molecule has 0 fully saturated rings. The number of aliphatic hydroxyl groups excluding tert-OH is 1. The van der Waals surface area contributed by atoms with Crippen molar-refractivity contribution in [2.24, 2.45) is 0 Å². The fourth-order valence-electron chi connectivity index (χ4n) is 2.17. The number of benzene rings is 1. The predicted octanol–water partition coefficient (Wildman–Crippen LogP) is 6.04. The number of halogens is 1. The molecule has 1 N–H and O–H groups in total. The third-order valence-electron chi connectivity index (χ3n) is 3.38. The van der Waals surface area contributed by atoms with Crippen molar-refractivity contribution in [3.63, 3.8) is 0 Å². The quantitative estimate of drug-likeness (QED) is 0.384. The van der Waals surface area contributed by atoms with E-state index in [4.69, 9.17) is 0 Å². The van der Waals surface area contributed by atoms with Gasteiger partial charge in [0.2, 0.25) is 0 Å². The molecule has 0 bridgehead atoms. The maximum Gasteiger partial charge on any atom is 0.0634 e. The Labute approximate surface area is 136 Å². The Morgan fingerprint density at radius 2 is 1.80 bits per heavy atom. The summed E-state index contributed by atoms with van der Waals surface area (Å²) in [6, 6.07) is 8.26. The van der Waals surface area contributed by atoms with Gasteiger partial charge in [-0.1, -0.05) is 73.9 Å². The first-order valence-electron chi connectivity index (χ1n) is 7.78. The molecule has 1 rings (SSSR count). The van der Waals surface area contributed by atoms with Gasteiger partial charge in [-0.2, -0.15) is 0 Å². The Morgan fingerprint density at radius 3 is 2.50 bits per heavy atom. The zero-order valence-corrected chi connectivity index (χ0v) is 14.9. The first-order valence-corrected chi connectivity index (χ1v) is 9.56. The molecule has 0 heterocycles. The molecule has 1 nitrogen and oxygen atoms in total. The van der Waals surface area contributed by atoms with Gasteiger partial charge in [0.25, 0.3) is 0 Å². The molecule has 0 radical (unpaired) electrons. The Balaban J connectivity index is 2.01. The third-order valence-corrected chi connectivity index (χ3v) is 5.01. The van der Waals surface area contributed by atoms with Gasteiger partial charge in [0.15, 0.2) is 0 Å². The summed E-state index contributed by atoms with van der Waals surface area (Å²) in [7, 11) is 0. The summed E-state index contributed by atoms with van der Waals surface area (Å²) in [6.45, 7) is 2.25. The van der Waals surface area contributed by atoms with Gasteiger partial charge < -0.3 is 5.11 Å². The van der Waals surface area contributed by atoms with Crippen molar-refractivity contribution in [3.8, 4) is 0 Å². The zero-order valence-electron chi connectivity index (χ0n) is 12.5. The second kappa shape index (κ2) is 11.6. The molecule has 0 aliphatic carbocycles. The third kappa shape index (κ3) is 9.04. The number of rotatable bonds is 11. The number of unbranched alkanes of at least 4 members (excludes halogenated alkanes) is 6. The van der Waals surface area contributed by atoms with E-state index in [-0.39, 0.29) is 6.10 Å². The van der Waals surface area contributed by atoms with Crippen molar-refractivity contribution in [3.05, 3.63) is 28.7 Å². The van der Waals surface area contributed by atoms with Crippen LogP contribution in [0, 0.1) is 0 Å². The van der Waals surface area contributed by atoms with E-state index in [1.54, 1.807) is 11.8 Å². The van der Waals surface area contributed by atoms with Crippen LogP contribution < -0.4 is 0 Å². The normalized spacial score (nSPS) is 12.6. The zero-order chi connectivity index (χ0) is 14.6. The van der Waals surface area contributed by atoms with Gasteiger partial charge in [0.05, 0.1) is 6.10 Å². The molecule has 0 saturated heterocycles. The molecule has 0 amide bonds. The van der Waals surface area contributed by atoms with Gasteiger partial charge in [0, 0.05) is 15.1 Å². The second-order valence-corrected chi connectivity index (χ2v) is 7.34. The van der Waals surface area contributed by atoms with Crippen LogP contribution in [0.1, 0.15) is 58.3 Å². The Hall–Kier alpha value is 0.01000. The molecule has 1 unspecified atom stereocenters. The highest BCUT2D eigenvalue weighted by atomic mass is 79.9. The van der Waals surface area contributed by atoms with Gasteiger partial charge in [-0.05, 0) is 24.6 Å². The highest BCUT2D eigenvalue weighted by molar-refractivity contribution is 9.10. The Bertz CT molecular complexity index is 357. The summed E-state index contributed by atoms with van der Waals surface area (Å²) in [6.07, 6.45) is 9.93. The maximum absolute atomic E-state index is 9.99. The minimum Gasteiger partial charge on any atom is -0.392 e. The Kier molecular flexibility index (Phi) is 10.5. The fraction of sp³-hybridized carbons (Fsp3) is 0.647. The average Bonchev–Trinajstić information content (AvgIpc) is 2.44. The molecule has 114 valence electrons. The molecule has 1 aromatic carbocycles. The first-order chi connectivity index (χ1) is 9.72. The van der Waals surface area contributed by atoms with Crippen LogP contribution in [-0.2, 0) is 0 Å². The van der Waals surface area contributed by atoms with Crippen molar-refractivity contribution < 1.29 is 5.11 Å². The van der Waals surface area contributed by atoms with Gasteiger partial charge in [-0.25, -0.2) is 0 Å². The number of thioether (sulfide) groups is 1. The van der Waals surface area contributed by atoms with Crippen LogP contribution >= 0.6 is 27.7 Å². The highest BCUT2D eigenvalue weighted by Gasteiger charge is 2.05. The molecule has 0 aliphatic rings. The van der Waals surface area contributed by atoms with E-state index in [2.05, 4.69) is 35.0 Å². The van der Waals surface area contributed by atoms with Crippen LogP contribution in [0.2, 0.25) is 0 Å². The Morgan fingerprint density at radius 1 is 1.10 bits per heavy atom. The average molecular weight is 359 g/mol. The lowest BCUT2D eigenvalue weighted by Crippen LogP contribution is -2.09. The van der Waals surface area contributed by atoms with Gasteiger partial charge in [-0.3, -0.25) is 0 Å². The lowest BCUT2D eigenvalue weighted by Gasteiger charge is -2.10. The topological polar surface area (TPSA) is 20.2 Å². The number of hydrogen-bond acceptors (Lipinski definition) is 2. The van der Waals surface area contributed by atoms with Gasteiger partial charge in [-0.15, -0.1) is 11.8 Å². The van der Waals surface area contributed by atoms with E-state index in [0.29, 0.717) is 0 Å². The van der Waals surface area contributed by atoms with Gasteiger partial charge in [0.1, 0.15) is 0 Å². The van der Waals surface area contributed by atoms with Crippen LogP contribution in [0.4, 0.5) is 0 Å². The molecule has 1 atom stereocenters. The second-order valence-electron chi connectivity index (χ2n) is 5.33. The number of hydrogen-bond donors (Lipinski definition) is 1. The van der Waals surface area contributed by atoms with Crippen LogP contribution in [0.5, 0.6) is 0 Å². The van der Waals surface area contributed by atoms with E-state index in [1.165, 1.54) is 43.4 Å². The van der Waals surface area contributed by atoms with Crippen molar-refractivity contribution in [2.45, 2.75) is 69.3 Å². The lowest BCUT2D eigenvalue weighted by atomic mass is 10.1. The van der Waals surface area contributed by atoms with Crippen molar-refractivity contribution in [2.75, 3.05) is 5.75 Å². The van der Waals surface area contributed by atoms with Crippen LogP contribution in [0.25, 0.3) is 0 Å². The van der Waals surface area contributed by atoms with E-state index < -0.39 is 0 Å². The summed E-state index contributed by atoms with van der Waals surface area (Å²) in [4.78, 5) is 1.22. The predicted molar refractivity (Wildman–Crippen MR) is 93.5 cm³/mol. The molecule has 0 spiro atoms. The minimum absolute atomic E-state index is 0.172. The highest BCUT2D eigenvalue weighted by Crippen LogP contribution is 2.23. The van der Waals surface area contributed by atoms with E-state index >= 15 is 0 Å². The SMILES string of the molecule is CCCCCCCCCC(O)CSc1cccc(Br)c1. The standard InChI is InChI=1S/C17H27BrOS/c1-2-3-4-5-6-7-8-11-16(19)14-20-17-12-9-10-15(18)13-17/h9-10,12-13,16,19H,2-8,11,14H2,1H3. The largest absolute Gasteiger partial charge is 0.392 e. The van der Waals surface area contributed by atoms with E-state index in [1.807, 2.05) is 12.1 Å². The molecule has 0 saturated carbocycles. The molecular formula is C17H27BrOS. The summed E-state index contributed by atoms with van der Waals surface area (Å²) >= 11 is 5.21. The van der Waals surface area contributed by atoms with Crippen molar-refractivity contribution >= 4 is 27.7 Å². The summed E-state index contributed by atoms with van der Waals surface area (Å²) in [5.41, 5.74) is 0. The molecular weight excluding hydrogens is 332 g/mol. The smallest absolute Gasteiger partial charge is 0.0634 e. The molecule has 0 aliphatic heterocycles. The van der Waals surface area contributed by atoms with Crippen molar-refractivity contribution in [1.82, 2.24) is 0 Å². The summed E-state index contributed by atoms with van der Waals surface area (Å²) < 4.78 is 1.10. The maximum atomic E-state index is 9.99. The van der Waals surface area contributed by atoms with E-state index in [9.17, 15) is 5.11 Å². The monoisotopic (exact) mass is 358 g/mol. The van der Waals surface area contributed by atoms with Gasteiger partial charge >= 0.3 is 0 Å². The lowest BCUT2D eigenvalue weighted by molar-refractivity contribution is 0.185. The fourth-order valence-corrected chi connectivity index (χ4v) is 3.66. The summed E-state index contributed by atoms with van der Waals surface area (Å²) in [5, 5.41) is 9.99. The molecule has 1 aromatic rings.